The Morgan fingerprint density at radius 3 is 2.34 bits per heavy atom. The number of carbonyl (C=O) groups excluding carboxylic acids is 2. The van der Waals surface area contributed by atoms with E-state index in [9.17, 15) is 9.59 Å². The maximum Gasteiger partial charge on any atom is 0.278 e. The minimum Gasteiger partial charge on any atom is -0.496 e. The molecule has 0 fully saturated rings. The fraction of sp³-hybridized carbons (Fsp3) is 0.304. The van der Waals surface area contributed by atoms with E-state index in [-0.39, 0.29) is 23.6 Å². The number of amides is 2. The quantitative estimate of drug-likeness (QED) is 0.519. The molecule has 2 amide bonds. The number of methoxy groups -OCH3 is 1. The largest absolute Gasteiger partial charge is 0.496 e. The third kappa shape index (κ3) is 4.66. The van der Waals surface area contributed by atoms with Crippen LogP contribution >= 0.6 is 0 Å². The van der Waals surface area contributed by atoms with Crippen LogP contribution < -0.4 is 10.1 Å². The zero-order chi connectivity index (χ0) is 20.8. The van der Waals surface area contributed by atoms with E-state index in [1.54, 1.807) is 19.2 Å². The molecule has 1 aliphatic heterocycles. The summed E-state index contributed by atoms with van der Waals surface area (Å²) in [5.41, 5.74) is 1.91. The van der Waals surface area contributed by atoms with E-state index in [0.29, 0.717) is 36.5 Å². The van der Waals surface area contributed by atoms with E-state index in [2.05, 4.69) is 5.32 Å². The van der Waals surface area contributed by atoms with Crippen LogP contribution in [-0.2, 0) is 14.3 Å². The van der Waals surface area contributed by atoms with Crippen LogP contribution in [0.15, 0.2) is 60.3 Å². The van der Waals surface area contributed by atoms with Crippen molar-refractivity contribution in [3.05, 3.63) is 65.9 Å². The van der Waals surface area contributed by atoms with Gasteiger partial charge in [0.25, 0.3) is 11.8 Å². The van der Waals surface area contributed by atoms with Crippen molar-refractivity contribution >= 4 is 23.1 Å². The monoisotopic (exact) mass is 394 g/mol. The van der Waals surface area contributed by atoms with Crippen molar-refractivity contribution in [1.29, 1.82) is 0 Å². The standard InChI is InChI=1S/C23H26N2O4/c1-16(2)29-15-9-14-25-22(26)20(18-12-7-8-13-19(18)28-3)21(23(25)27)24-17-10-5-4-6-11-17/h4-8,10-13,16,24H,9,14-15H2,1-3H3. The Labute approximate surface area is 171 Å². The molecule has 0 saturated carbocycles. The highest BCUT2D eigenvalue weighted by atomic mass is 16.5. The minimum absolute atomic E-state index is 0.109. The molecule has 1 heterocycles. The second kappa shape index (κ2) is 9.39. The second-order valence-electron chi connectivity index (χ2n) is 6.98. The van der Waals surface area contributed by atoms with Crippen LogP contribution in [0.4, 0.5) is 5.69 Å². The average molecular weight is 394 g/mol. The van der Waals surface area contributed by atoms with E-state index >= 15 is 0 Å². The Morgan fingerprint density at radius 1 is 0.966 bits per heavy atom. The predicted octanol–water partition coefficient (Wildman–Crippen LogP) is 3.70. The van der Waals surface area contributed by atoms with Gasteiger partial charge in [-0.2, -0.15) is 0 Å². The van der Waals surface area contributed by atoms with Crippen LogP contribution in [0.5, 0.6) is 5.75 Å². The molecule has 152 valence electrons. The molecule has 1 N–H and O–H groups in total. The highest BCUT2D eigenvalue weighted by Crippen LogP contribution is 2.35. The number of hydrogen-bond acceptors (Lipinski definition) is 5. The van der Waals surface area contributed by atoms with Crippen molar-refractivity contribution in [2.75, 3.05) is 25.6 Å². The number of nitrogens with zero attached hydrogens (tertiary/aromatic N) is 1. The van der Waals surface area contributed by atoms with Crippen molar-refractivity contribution in [1.82, 2.24) is 4.90 Å². The molecule has 0 bridgehead atoms. The number of para-hydroxylation sites is 2. The van der Waals surface area contributed by atoms with Gasteiger partial charge >= 0.3 is 0 Å². The summed E-state index contributed by atoms with van der Waals surface area (Å²) in [5.74, 6) is -0.132. The fourth-order valence-electron chi connectivity index (χ4n) is 3.20. The Morgan fingerprint density at radius 2 is 1.66 bits per heavy atom. The van der Waals surface area contributed by atoms with Gasteiger partial charge in [-0.25, -0.2) is 0 Å². The third-order valence-corrected chi connectivity index (χ3v) is 4.56. The summed E-state index contributed by atoms with van der Waals surface area (Å²) >= 11 is 0. The molecule has 0 unspecified atom stereocenters. The lowest BCUT2D eigenvalue weighted by Crippen LogP contribution is -2.34. The van der Waals surface area contributed by atoms with E-state index in [1.165, 1.54) is 4.90 Å². The van der Waals surface area contributed by atoms with E-state index < -0.39 is 0 Å². The molecule has 2 aromatic carbocycles. The molecule has 6 heteroatoms. The summed E-state index contributed by atoms with van der Waals surface area (Å²) < 4.78 is 11.0. The minimum atomic E-state index is -0.343. The van der Waals surface area contributed by atoms with Crippen molar-refractivity contribution in [3.63, 3.8) is 0 Å². The highest BCUT2D eigenvalue weighted by molar-refractivity contribution is 6.37. The number of ether oxygens (including phenoxy) is 2. The maximum absolute atomic E-state index is 13.2. The van der Waals surface area contributed by atoms with Crippen LogP contribution in [0.25, 0.3) is 5.57 Å². The number of imide groups is 1. The van der Waals surface area contributed by atoms with Crippen LogP contribution in [0.2, 0.25) is 0 Å². The predicted molar refractivity (Wildman–Crippen MR) is 112 cm³/mol. The van der Waals surface area contributed by atoms with Gasteiger partial charge in [-0.3, -0.25) is 14.5 Å². The molecule has 0 radical (unpaired) electrons. The number of carbonyl (C=O) groups is 2. The summed E-state index contributed by atoms with van der Waals surface area (Å²) in [4.78, 5) is 27.6. The second-order valence-corrected chi connectivity index (χ2v) is 6.98. The number of benzene rings is 2. The third-order valence-electron chi connectivity index (χ3n) is 4.56. The molecular weight excluding hydrogens is 368 g/mol. The smallest absolute Gasteiger partial charge is 0.278 e. The molecule has 29 heavy (non-hydrogen) atoms. The van der Waals surface area contributed by atoms with Gasteiger partial charge in [0.2, 0.25) is 0 Å². The van der Waals surface area contributed by atoms with Crippen molar-refractivity contribution in [2.24, 2.45) is 0 Å². The first-order valence-electron chi connectivity index (χ1n) is 9.70. The Hall–Kier alpha value is -3.12. The van der Waals surface area contributed by atoms with Gasteiger partial charge in [-0.15, -0.1) is 0 Å². The molecule has 6 nitrogen and oxygen atoms in total. The molecule has 0 aromatic heterocycles. The fourth-order valence-corrected chi connectivity index (χ4v) is 3.20. The molecule has 0 aliphatic carbocycles. The van der Waals surface area contributed by atoms with E-state index in [4.69, 9.17) is 9.47 Å². The molecule has 1 aliphatic rings. The first-order valence-corrected chi connectivity index (χ1v) is 9.70. The van der Waals surface area contributed by atoms with E-state index in [0.717, 1.165) is 5.69 Å². The Bertz CT molecular complexity index is 906. The van der Waals surface area contributed by atoms with Gasteiger partial charge < -0.3 is 14.8 Å². The Balaban J connectivity index is 1.93. The van der Waals surface area contributed by atoms with Gasteiger partial charge in [0.15, 0.2) is 0 Å². The maximum atomic E-state index is 13.2. The van der Waals surface area contributed by atoms with Gasteiger partial charge in [-0.1, -0.05) is 36.4 Å². The molecule has 0 spiro atoms. The summed E-state index contributed by atoms with van der Waals surface area (Å²) in [6.07, 6.45) is 0.686. The summed E-state index contributed by atoms with van der Waals surface area (Å²) in [6.45, 7) is 4.69. The van der Waals surface area contributed by atoms with Gasteiger partial charge in [0.1, 0.15) is 11.4 Å². The Kier molecular flexibility index (Phi) is 6.67. The highest BCUT2D eigenvalue weighted by Gasteiger charge is 2.39. The van der Waals surface area contributed by atoms with Crippen LogP contribution in [0.3, 0.4) is 0 Å². The summed E-state index contributed by atoms with van der Waals surface area (Å²) in [7, 11) is 1.55. The lowest BCUT2D eigenvalue weighted by atomic mass is 10.0. The normalized spacial score (nSPS) is 14.1. The average Bonchev–Trinajstić information content (AvgIpc) is 2.95. The van der Waals surface area contributed by atoms with Gasteiger partial charge in [0.05, 0.1) is 18.8 Å². The van der Waals surface area contributed by atoms with Crippen molar-refractivity contribution in [2.45, 2.75) is 26.4 Å². The van der Waals surface area contributed by atoms with Crippen LogP contribution in [0.1, 0.15) is 25.8 Å². The molecule has 0 atom stereocenters. The zero-order valence-electron chi connectivity index (χ0n) is 17.0. The van der Waals surface area contributed by atoms with E-state index in [1.807, 2.05) is 56.3 Å². The molecule has 3 rings (SSSR count). The lowest BCUT2D eigenvalue weighted by Gasteiger charge is -2.16. The number of hydrogen-bond donors (Lipinski definition) is 1. The van der Waals surface area contributed by atoms with Crippen molar-refractivity contribution in [3.8, 4) is 5.75 Å². The van der Waals surface area contributed by atoms with Gasteiger partial charge in [0, 0.05) is 24.4 Å². The number of rotatable bonds is 9. The number of anilines is 1. The van der Waals surface area contributed by atoms with Gasteiger partial charge in [-0.05, 0) is 38.5 Å². The first kappa shape index (κ1) is 20.6. The summed E-state index contributed by atoms with van der Waals surface area (Å²) in [5, 5.41) is 3.14. The first-order chi connectivity index (χ1) is 14.0. The lowest BCUT2D eigenvalue weighted by molar-refractivity contribution is -0.137. The van der Waals surface area contributed by atoms with Crippen LogP contribution in [0, 0.1) is 0 Å². The summed E-state index contributed by atoms with van der Waals surface area (Å²) in [6, 6.07) is 16.5. The number of nitrogens with one attached hydrogen (secondary N) is 1. The van der Waals surface area contributed by atoms with Crippen molar-refractivity contribution < 1.29 is 19.1 Å². The topological polar surface area (TPSA) is 67.9 Å². The molecular formula is C23H26N2O4. The zero-order valence-corrected chi connectivity index (χ0v) is 17.0. The SMILES string of the molecule is COc1ccccc1C1=C(Nc2ccccc2)C(=O)N(CCCOC(C)C)C1=O. The molecule has 0 saturated heterocycles. The van der Waals surface area contributed by atoms with Crippen LogP contribution in [-0.4, -0.2) is 43.1 Å². The molecule has 2 aromatic rings.